The predicted molar refractivity (Wildman–Crippen MR) is 67.5 cm³/mol. The van der Waals surface area contributed by atoms with E-state index in [4.69, 9.17) is 17.7 Å². The second-order valence-corrected chi connectivity index (χ2v) is 4.09. The summed E-state index contributed by atoms with van der Waals surface area (Å²) >= 11 is 0. The maximum absolute atomic E-state index is 5.35. The van der Waals surface area contributed by atoms with E-state index in [0.29, 0.717) is 64.9 Å². The van der Waals surface area contributed by atoms with Crippen molar-refractivity contribution >= 4 is 41.9 Å². The zero-order valence-corrected chi connectivity index (χ0v) is 16.7. The SMILES string of the molecule is [SiH3]Oc1[c]cc(O[SiH3])c(O[SiH3])c1O[SiH3]. The fraction of sp³-hybridized carbons (Fsp3) is 0. The summed E-state index contributed by atoms with van der Waals surface area (Å²) in [5, 5.41) is 0. The summed E-state index contributed by atoms with van der Waals surface area (Å²) in [6.45, 7) is 0. The molecular formula is C6H13O4Si4. The summed E-state index contributed by atoms with van der Waals surface area (Å²) in [6.07, 6.45) is 0. The molecule has 8 heteroatoms. The maximum Gasteiger partial charge on any atom is 0.204 e. The third kappa shape index (κ3) is 2.03. The zero-order valence-electron chi connectivity index (χ0n) is 8.71. The first-order valence-electron chi connectivity index (χ1n) is 4.03. The Morgan fingerprint density at radius 2 is 1.50 bits per heavy atom. The van der Waals surface area contributed by atoms with Crippen molar-refractivity contribution in [3.8, 4) is 23.0 Å². The van der Waals surface area contributed by atoms with Gasteiger partial charge < -0.3 is 17.7 Å². The molecule has 0 bridgehead atoms. The van der Waals surface area contributed by atoms with Crippen molar-refractivity contribution in [1.29, 1.82) is 0 Å². The summed E-state index contributed by atoms with van der Waals surface area (Å²) in [4.78, 5) is 0. The van der Waals surface area contributed by atoms with Gasteiger partial charge in [0, 0.05) is 6.07 Å². The lowest BCUT2D eigenvalue weighted by atomic mass is 10.3. The van der Waals surface area contributed by atoms with Gasteiger partial charge in [-0.05, 0) is 6.07 Å². The van der Waals surface area contributed by atoms with Crippen molar-refractivity contribution in [2.75, 3.05) is 0 Å². The highest BCUT2D eigenvalue weighted by Crippen LogP contribution is 2.42. The molecule has 0 heterocycles. The van der Waals surface area contributed by atoms with Crippen molar-refractivity contribution in [3.63, 3.8) is 0 Å². The Morgan fingerprint density at radius 3 is 1.93 bits per heavy atom. The van der Waals surface area contributed by atoms with Crippen molar-refractivity contribution in [2.24, 2.45) is 0 Å². The molecule has 0 aromatic heterocycles. The Hall–Kier alpha value is -0.712. The maximum atomic E-state index is 5.35. The molecule has 0 N–H and O–H groups in total. The Labute approximate surface area is 95.1 Å². The van der Waals surface area contributed by atoms with E-state index in [-0.39, 0.29) is 0 Å². The zero-order chi connectivity index (χ0) is 10.6. The highest BCUT2D eigenvalue weighted by molar-refractivity contribution is 6.05. The third-order valence-electron chi connectivity index (χ3n) is 1.80. The van der Waals surface area contributed by atoms with Crippen molar-refractivity contribution in [1.82, 2.24) is 0 Å². The smallest absolute Gasteiger partial charge is 0.204 e. The van der Waals surface area contributed by atoms with Crippen LogP contribution in [-0.4, -0.2) is 41.9 Å². The van der Waals surface area contributed by atoms with E-state index in [2.05, 4.69) is 6.07 Å². The molecule has 0 spiro atoms. The van der Waals surface area contributed by atoms with E-state index in [1.54, 1.807) is 6.07 Å². The van der Waals surface area contributed by atoms with Gasteiger partial charge in [-0.1, -0.05) is 0 Å². The van der Waals surface area contributed by atoms with Gasteiger partial charge in [0.2, 0.25) is 41.9 Å². The molecule has 0 aliphatic heterocycles. The fourth-order valence-electron chi connectivity index (χ4n) is 1.16. The van der Waals surface area contributed by atoms with Gasteiger partial charge in [-0.25, -0.2) is 0 Å². The second kappa shape index (κ2) is 5.24. The van der Waals surface area contributed by atoms with E-state index in [0.717, 1.165) is 0 Å². The molecule has 1 radical (unpaired) electrons. The van der Waals surface area contributed by atoms with Gasteiger partial charge in [-0.3, -0.25) is 0 Å². The van der Waals surface area contributed by atoms with Crippen LogP contribution in [-0.2, 0) is 0 Å². The first kappa shape index (κ1) is 11.4. The molecule has 77 valence electrons. The highest BCUT2D eigenvalue weighted by atomic mass is 28.2. The van der Waals surface area contributed by atoms with Crippen LogP contribution in [0.2, 0.25) is 0 Å². The molecular weight excluding hydrogens is 248 g/mol. The van der Waals surface area contributed by atoms with E-state index in [1.807, 2.05) is 0 Å². The monoisotopic (exact) mass is 261 g/mol. The molecule has 0 amide bonds. The topological polar surface area (TPSA) is 36.9 Å². The molecule has 0 fully saturated rings. The minimum atomic E-state index is 0.590. The van der Waals surface area contributed by atoms with Gasteiger partial charge >= 0.3 is 0 Å². The first-order valence-corrected chi connectivity index (χ1v) is 7.29. The molecule has 0 atom stereocenters. The summed E-state index contributed by atoms with van der Waals surface area (Å²) in [5.41, 5.74) is 0. The normalized spacial score (nSPS) is 10.3. The summed E-state index contributed by atoms with van der Waals surface area (Å²) in [6, 6.07) is 4.71. The molecule has 1 aromatic carbocycles. The Bertz CT molecular complexity index is 288. The third-order valence-corrected chi connectivity index (χ3v) is 3.47. The summed E-state index contributed by atoms with van der Waals surface area (Å²) in [5.74, 6) is 2.61. The van der Waals surface area contributed by atoms with Crippen LogP contribution in [0.15, 0.2) is 6.07 Å². The molecule has 0 saturated carbocycles. The van der Waals surface area contributed by atoms with Crippen molar-refractivity contribution in [3.05, 3.63) is 12.1 Å². The Morgan fingerprint density at radius 1 is 0.857 bits per heavy atom. The number of hydrogen-bond acceptors (Lipinski definition) is 4. The second-order valence-electron chi connectivity index (χ2n) is 2.46. The van der Waals surface area contributed by atoms with Crippen LogP contribution in [0.3, 0.4) is 0 Å². The van der Waals surface area contributed by atoms with Crippen LogP contribution in [0.4, 0.5) is 0 Å². The van der Waals surface area contributed by atoms with Gasteiger partial charge in [0.15, 0.2) is 17.2 Å². The number of rotatable bonds is 4. The fourth-order valence-corrected chi connectivity index (χ4v) is 2.52. The lowest BCUT2D eigenvalue weighted by Gasteiger charge is -2.16. The van der Waals surface area contributed by atoms with Crippen LogP contribution in [0.5, 0.6) is 23.0 Å². The molecule has 0 unspecified atom stereocenters. The van der Waals surface area contributed by atoms with Crippen molar-refractivity contribution < 1.29 is 17.7 Å². The molecule has 4 nitrogen and oxygen atoms in total. The standard InChI is InChI=1S/C6H13O4Si4/c11-7-3-1-2-4(8-12)6(10-14)5(3)9-13/h1H,11-14H3. The summed E-state index contributed by atoms with van der Waals surface area (Å²) < 4.78 is 21.2. The van der Waals surface area contributed by atoms with Gasteiger partial charge in [-0.15, -0.1) is 0 Å². The van der Waals surface area contributed by atoms with Crippen molar-refractivity contribution in [2.45, 2.75) is 0 Å². The van der Waals surface area contributed by atoms with E-state index >= 15 is 0 Å². The molecule has 1 aromatic rings. The molecule has 0 aliphatic carbocycles. The van der Waals surface area contributed by atoms with Crippen LogP contribution >= 0.6 is 0 Å². The highest BCUT2D eigenvalue weighted by Gasteiger charge is 2.14. The van der Waals surface area contributed by atoms with Crippen LogP contribution < -0.4 is 17.7 Å². The van der Waals surface area contributed by atoms with Gasteiger partial charge in [0.25, 0.3) is 0 Å². The first-order chi connectivity index (χ1) is 6.78. The largest absolute Gasteiger partial charge is 0.551 e. The molecule has 1 rings (SSSR count). The van der Waals surface area contributed by atoms with Gasteiger partial charge in [0.05, 0.1) is 0 Å². The Kier molecular flexibility index (Phi) is 4.25. The number of benzene rings is 1. The molecule has 0 aliphatic rings. The van der Waals surface area contributed by atoms with E-state index in [9.17, 15) is 0 Å². The number of hydrogen-bond donors (Lipinski definition) is 0. The van der Waals surface area contributed by atoms with Gasteiger partial charge in [-0.2, -0.15) is 0 Å². The minimum Gasteiger partial charge on any atom is -0.551 e. The average Bonchev–Trinajstić information content (AvgIpc) is 2.26. The van der Waals surface area contributed by atoms with E-state index < -0.39 is 0 Å². The quantitative estimate of drug-likeness (QED) is 0.520. The summed E-state index contributed by atoms with van der Waals surface area (Å²) in [7, 11) is 2.41. The lowest BCUT2D eigenvalue weighted by molar-refractivity contribution is 0.479. The van der Waals surface area contributed by atoms with Crippen LogP contribution in [0.25, 0.3) is 0 Å². The average molecular weight is 262 g/mol. The minimum absolute atomic E-state index is 0.590. The molecule has 0 saturated heterocycles. The van der Waals surface area contributed by atoms with Crippen LogP contribution in [0.1, 0.15) is 0 Å². The van der Waals surface area contributed by atoms with E-state index in [1.165, 1.54) is 0 Å². The van der Waals surface area contributed by atoms with Crippen LogP contribution in [0, 0.1) is 6.07 Å². The van der Waals surface area contributed by atoms with Gasteiger partial charge in [0.1, 0.15) is 5.75 Å². The Balaban J connectivity index is 3.28. The predicted octanol–water partition coefficient (Wildman–Crippen LogP) is -3.88. The lowest BCUT2D eigenvalue weighted by Crippen LogP contribution is -1.99. The molecule has 14 heavy (non-hydrogen) atoms.